The first-order valence-electron chi connectivity index (χ1n) is 7.48. The average Bonchev–Trinajstić information content (AvgIpc) is 2.48. The molecule has 2 amide bonds. The third-order valence-electron chi connectivity index (χ3n) is 3.48. The number of nitrogens with one attached hydrogen (secondary N) is 2. The summed E-state index contributed by atoms with van der Waals surface area (Å²) in [5, 5.41) is 6.10. The molecule has 0 aliphatic rings. The summed E-state index contributed by atoms with van der Waals surface area (Å²) in [5.74, 6) is -0.342. The molecule has 0 spiro atoms. The van der Waals surface area contributed by atoms with Crippen LogP contribution in [0.15, 0.2) is 18.2 Å². The fourth-order valence-corrected chi connectivity index (χ4v) is 2.37. The van der Waals surface area contributed by atoms with E-state index < -0.39 is 0 Å². The van der Waals surface area contributed by atoms with Gasteiger partial charge in [-0.2, -0.15) is 0 Å². The van der Waals surface area contributed by atoms with Crippen molar-refractivity contribution in [3.8, 4) is 0 Å². The molecule has 23 heavy (non-hydrogen) atoms. The molecule has 0 heterocycles. The number of halogens is 2. The second-order valence-electron chi connectivity index (χ2n) is 5.12. The first kappa shape index (κ1) is 21.7. The molecule has 0 aromatic heterocycles. The summed E-state index contributed by atoms with van der Waals surface area (Å²) in [7, 11) is 1.80. The highest BCUT2D eigenvalue weighted by Crippen LogP contribution is 2.23. The van der Waals surface area contributed by atoms with Gasteiger partial charge in [-0.25, -0.2) is 0 Å². The molecular weight excluding hydrogens is 337 g/mol. The number of nitrogens with zero attached hydrogens (tertiary/aromatic N) is 1. The Hall–Kier alpha value is -1.30. The predicted molar refractivity (Wildman–Crippen MR) is 97.7 cm³/mol. The number of hydrogen-bond donors (Lipinski definition) is 2. The van der Waals surface area contributed by atoms with Crippen molar-refractivity contribution in [3.05, 3.63) is 28.8 Å². The van der Waals surface area contributed by atoms with Crippen LogP contribution in [0, 0.1) is 5.92 Å². The Bertz CT molecular complexity index is 534. The fourth-order valence-electron chi connectivity index (χ4n) is 2.11. The van der Waals surface area contributed by atoms with E-state index in [1.54, 1.807) is 30.1 Å². The van der Waals surface area contributed by atoms with Crippen LogP contribution in [0.1, 0.15) is 31.1 Å². The number of amides is 2. The molecule has 1 aromatic rings. The molecule has 7 heteroatoms. The molecule has 0 bridgehead atoms. The van der Waals surface area contributed by atoms with Crippen LogP contribution in [0.3, 0.4) is 0 Å². The number of hydrogen-bond acceptors (Lipinski definition) is 3. The van der Waals surface area contributed by atoms with Crippen LogP contribution in [0.5, 0.6) is 0 Å². The molecule has 130 valence electrons. The number of rotatable bonds is 7. The standard InChI is InChI=1S/C16H24ClN3O2.ClH/c1-5-20(6-2)16(22)13-8-7-12(9-14(13)17)19-15(21)11(3)10-18-4;/h7-9,11,18H,5-6,10H2,1-4H3,(H,19,21);1H. The third kappa shape index (κ3) is 6.01. The lowest BCUT2D eigenvalue weighted by molar-refractivity contribution is -0.119. The van der Waals surface area contributed by atoms with Gasteiger partial charge >= 0.3 is 0 Å². The highest BCUT2D eigenvalue weighted by atomic mass is 35.5. The van der Waals surface area contributed by atoms with Gasteiger partial charge in [-0.3, -0.25) is 9.59 Å². The zero-order valence-electron chi connectivity index (χ0n) is 14.0. The van der Waals surface area contributed by atoms with Crippen LogP contribution in [0.4, 0.5) is 5.69 Å². The Morgan fingerprint density at radius 3 is 2.35 bits per heavy atom. The van der Waals surface area contributed by atoms with Crippen LogP contribution in [0.2, 0.25) is 5.02 Å². The van der Waals surface area contributed by atoms with Crippen LogP contribution in [0.25, 0.3) is 0 Å². The van der Waals surface area contributed by atoms with Crippen molar-refractivity contribution in [2.24, 2.45) is 5.92 Å². The van der Waals surface area contributed by atoms with Gasteiger partial charge in [-0.15, -0.1) is 12.4 Å². The summed E-state index contributed by atoms with van der Waals surface area (Å²) < 4.78 is 0. The largest absolute Gasteiger partial charge is 0.339 e. The number of anilines is 1. The van der Waals surface area contributed by atoms with Gasteiger partial charge in [-0.05, 0) is 39.1 Å². The molecule has 1 unspecified atom stereocenters. The lowest BCUT2D eigenvalue weighted by Crippen LogP contribution is -2.31. The highest BCUT2D eigenvalue weighted by Gasteiger charge is 2.17. The van der Waals surface area contributed by atoms with Crippen molar-refractivity contribution in [2.75, 3.05) is 32.0 Å². The maximum Gasteiger partial charge on any atom is 0.255 e. The van der Waals surface area contributed by atoms with Gasteiger partial charge in [0.2, 0.25) is 5.91 Å². The van der Waals surface area contributed by atoms with Crippen molar-refractivity contribution < 1.29 is 9.59 Å². The van der Waals surface area contributed by atoms with Crippen molar-refractivity contribution in [1.29, 1.82) is 0 Å². The van der Waals surface area contributed by atoms with Gasteiger partial charge in [0, 0.05) is 31.2 Å². The molecule has 0 fully saturated rings. The topological polar surface area (TPSA) is 61.4 Å². The second-order valence-corrected chi connectivity index (χ2v) is 5.53. The number of carbonyl (C=O) groups excluding carboxylic acids is 2. The average molecular weight is 362 g/mol. The van der Waals surface area contributed by atoms with Crippen LogP contribution >= 0.6 is 24.0 Å². The summed E-state index contributed by atoms with van der Waals surface area (Å²) in [5.41, 5.74) is 1.04. The predicted octanol–water partition coefficient (Wildman–Crippen LogP) is 3.04. The fraction of sp³-hybridized carbons (Fsp3) is 0.500. The van der Waals surface area contributed by atoms with Gasteiger partial charge in [0.1, 0.15) is 0 Å². The van der Waals surface area contributed by atoms with E-state index in [2.05, 4.69) is 10.6 Å². The molecule has 0 saturated heterocycles. The summed E-state index contributed by atoms with van der Waals surface area (Å²) in [6.45, 7) is 7.54. The summed E-state index contributed by atoms with van der Waals surface area (Å²) in [4.78, 5) is 26.0. The molecule has 1 rings (SSSR count). The van der Waals surface area contributed by atoms with E-state index >= 15 is 0 Å². The van der Waals surface area contributed by atoms with Crippen LogP contribution in [-0.2, 0) is 4.79 Å². The lowest BCUT2D eigenvalue weighted by atomic mass is 10.1. The Kier molecular flexibility index (Phi) is 9.88. The highest BCUT2D eigenvalue weighted by molar-refractivity contribution is 6.34. The van der Waals surface area contributed by atoms with Gasteiger partial charge in [0.15, 0.2) is 0 Å². The SMILES string of the molecule is CCN(CC)C(=O)c1ccc(NC(=O)C(C)CNC)cc1Cl.Cl. The van der Waals surface area contributed by atoms with Crippen molar-refractivity contribution in [3.63, 3.8) is 0 Å². The minimum atomic E-state index is -0.152. The van der Waals surface area contributed by atoms with Gasteiger partial charge in [-0.1, -0.05) is 18.5 Å². The molecule has 0 aliphatic heterocycles. The van der Waals surface area contributed by atoms with Crippen molar-refractivity contribution in [2.45, 2.75) is 20.8 Å². The second kappa shape index (κ2) is 10.5. The zero-order chi connectivity index (χ0) is 16.7. The smallest absolute Gasteiger partial charge is 0.255 e. The Morgan fingerprint density at radius 1 is 1.26 bits per heavy atom. The summed E-state index contributed by atoms with van der Waals surface area (Å²) in [6.07, 6.45) is 0. The maximum atomic E-state index is 12.3. The molecule has 0 aliphatic carbocycles. The Morgan fingerprint density at radius 2 is 1.87 bits per heavy atom. The molecular formula is C16H25Cl2N3O2. The van der Waals surface area contributed by atoms with Gasteiger partial charge in [0.05, 0.1) is 10.6 Å². The molecule has 1 atom stereocenters. The third-order valence-corrected chi connectivity index (χ3v) is 3.79. The lowest BCUT2D eigenvalue weighted by Gasteiger charge is -2.19. The van der Waals surface area contributed by atoms with Crippen LogP contribution in [-0.4, -0.2) is 43.4 Å². The van der Waals surface area contributed by atoms with E-state index in [4.69, 9.17) is 11.6 Å². The van der Waals surface area contributed by atoms with Crippen molar-refractivity contribution in [1.82, 2.24) is 10.2 Å². The van der Waals surface area contributed by atoms with E-state index in [0.29, 0.717) is 35.9 Å². The quantitative estimate of drug-likeness (QED) is 0.784. The van der Waals surface area contributed by atoms with E-state index in [-0.39, 0.29) is 30.1 Å². The Balaban J connectivity index is 0.00000484. The first-order chi connectivity index (χ1) is 10.4. The minimum Gasteiger partial charge on any atom is -0.339 e. The molecule has 5 nitrogen and oxygen atoms in total. The molecule has 1 aromatic carbocycles. The van der Waals surface area contributed by atoms with E-state index in [9.17, 15) is 9.59 Å². The molecule has 0 radical (unpaired) electrons. The monoisotopic (exact) mass is 361 g/mol. The summed E-state index contributed by atoms with van der Waals surface area (Å²) >= 11 is 6.20. The summed E-state index contributed by atoms with van der Waals surface area (Å²) in [6, 6.07) is 4.97. The Labute approximate surface area is 149 Å². The number of carbonyl (C=O) groups is 2. The van der Waals surface area contributed by atoms with Gasteiger partial charge < -0.3 is 15.5 Å². The molecule has 2 N–H and O–H groups in total. The molecule has 0 saturated carbocycles. The van der Waals surface area contributed by atoms with E-state index in [0.717, 1.165) is 0 Å². The van der Waals surface area contributed by atoms with E-state index in [1.807, 2.05) is 20.8 Å². The normalized spacial score (nSPS) is 11.3. The van der Waals surface area contributed by atoms with Gasteiger partial charge in [0.25, 0.3) is 5.91 Å². The van der Waals surface area contributed by atoms with Crippen molar-refractivity contribution >= 4 is 41.5 Å². The first-order valence-corrected chi connectivity index (χ1v) is 7.86. The number of benzene rings is 1. The van der Waals surface area contributed by atoms with E-state index in [1.165, 1.54) is 0 Å². The minimum absolute atomic E-state index is 0. The van der Waals surface area contributed by atoms with Crippen LogP contribution < -0.4 is 10.6 Å². The maximum absolute atomic E-state index is 12.3. The zero-order valence-corrected chi connectivity index (χ0v) is 15.6.